The number of benzene rings is 3. The molecule has 0 saturated heterocycles. The van der Waals surface area contributed by atoms with Crippen LogP contribution in [0.3, 0.4) is 0 Å². The van der Waals surface area contributed by atoms with Crippen LogP contribution in [0.5, 0.6) is 0 Å². The Morgan fingerprint density at radius 3 is 2.47 bits per heavy atom. The van der Waals surface area contributed by atoms with Crippen LogP contribution < -0.4 is 5.22 Å². The van der Waals surface area contributed by atoms with Crippen LogP contribution in [0.1, 0.15) is 5.56 Å². The monoisotopic (exact) mass is 219 g/mol. The van der Waals surface area contributed by atoms with E-state index in [0.29, 0.717) is 0 Å². The summed E-state index contributed by atoms with van der Waals surface area (Å²) in [5.74, 6) is 0. The predicted molar refractivity (Wildman–Crippen MR) is 72.6 cm³/mol. The summed E-state index contributed by atoms with van der Waals surface area (Å²) < 4.78 is 0. The molecule has 1 heterocycles. The Morgan fingerprint density at radius 2 is 1.65 bits per heavy atom. The third-order valence-electron chi connectivity index (χ3n) is 3.67. The topological polar surface area (TPSA) is 3.24 Å². The van der Waals surface area contributed by atoms with Crippen molar-refractivity contribution in [2.24, 2.45) is 0 Å². The molecule has 0 spiro atoms. The molecule has 4 rings (SSSR count). The second-order valence-corrected chi connectivity index (χ2v) is 4.88. The molecule has 0 amide bonds. The maximum Gasteiger partial charge on any atom is 0.0427 e. The van der Waals surface area contributed by atoms with E-state index in [2.05, 4.69) is 60.6 Å². The van der Waals surface area contributed by atoms with Gasteiger partial charge in [-0.25, -0.2) is 0 Å². The zero-order valence-corrected chi connectivity index (χ0v) is 9.77. The lowest BCUT2D eigenvalue weighted by atomic mass is 9.94. The third-order valence-corrected chi connectivity index (χ3v) is 3.67. The fraction of sp³-hybridized carbons (Fsp3) is 0.125. The standard InChI is InChI=1S/C16H13N/c1-17-9-13-7-5-11-3-2-4-12-6-8-14(10-17)16(13)15(11)12/h2-9H,10H2,1H3. The highest BCUT2D eigenvalue weighted by Crippen LogP contribution is 2.28. The van der Waals surface area contributed by atoms with Gasteiger partial charge in [0.25, 0.3) is 0 Å². The van der Waals surface area contributed by atoms with Crippen molar-refractivity contribution < 1.29 is 0 Å². The molecule has 1 aliphatic heterocycles. The molecule has 0 radical (unpaired) electrons. The van der Waals surface area contributed by atoms with Crippen LogP contribution >= 0.6 is 0 Å². The Bertz CT molecular complexity index is 770. The number of nitrogens with zero attached hydrogens (tertiary/aromatic N) is 1. The molecule has 0 aliphatic carbocycles. The summed E-state index contributed by atoms with van der Waals surface area (Å²) in [5.41, 5.74) is 1.44. The molecule has 1 aliphatic rings. The first-order chi connectivity index (χ1) is 8.33. The number of rotatable bonds is 0. The second-order valence-electron chi connectivity index (χ2n) is 4.88. The van der Waals surface area contributed by atoms with Crippen molar-refractivity contribution in [3.8, 4) is 0 Å². The van der Waals surface area contributed by atoms with Crippen molar-refractivity contribution in [1.29, 1.82) is 0 Å². The maximum absolute atomic E-state index is 2.27. The Kier molecular flexibility index (Phi) is 1.60. The number of hydrogen-bond acceptors (Lipinski definition) is 1. The van der Waals surface area contributed by atoms with E-state index >= 15 is 0 Å². The molecular weight excluding hydrogens is 206 g/mol. The van der Waals surface area contributed by atoms with Crippen molar-refractivity contribution in [3.05, 3.63) is 53.2 Å². The molecular formula is C16H13N. The van der Waals surface area contributed by atoms with Gasteiger partial charge >= 0.3 is 0 Å². The zero-order chi connectivity index (χ0) is 11.4. The summed E-state index contributed by atoms with van der Waals surface area (Å²) in [6.07, 6.45) is 2.24. The highest BCUT2D eigenvalue weighted by molar-refractivity contribution is 6.11. The van der Waals surface area contributed by atoms with Gasteiger partial charge in [0.15, 0.2) is 0 Å². The van der Waals surface area contributed by atoms with Gasteiger partial charge in [-0.3, -0.25) is 0 Å². The normalized spacial score (nSPS) is 14.3. The average molecular weight is 219 g/mol. The lowest BCUT2D eigenvalue weighted by Gasteiger charge is -2.22. The quantitative estimate of drug-likeness (QED) is 0.562. The molecule has 0 bridgehead atoms. The van der Waals surface area contributed by atoms with E-state index in [0.717, 1.165) is 6.54 Å². The fourth-order valence-electron chi connectivity index (χ4n) is 2.97. The molecule has 82 valence electrons. The SMILES string of the molecule is CN1C=c2ccc3cccc4ccc(c2c43)C1. The first-order valence-corrected chi connectivity index (χ1v) is 5.98. The molecule has 0 saturated carbocycles. The minimum absolute atomic E-state index is 1.01. The lowest BCUT2D eigenvalue weighted by molar-refractivity contribution is 0.490. The Hall–Kier alpha value is -2.02. The molecule has 1 heteroatoms. The van der Waals surface area contributed by atoms with Crippen LogP contribution in [0.4, 0.5) is 0 Å². The van der Waals surface area contributed by atoms with Crippen LogP contribution in [0.15, 0.2) is 42.5 Å². The van der Waals surface area contributed by atoms with Gasteiger partial charge in [-0.2, -0.15) is 0 Å². The van der Waals surface area contributed by atoms with Crippen LogP contribution in [0.25, 0.3) is 27.7 Å². The van der Waals surface area contributed by atoms with Crippen LogP contribution in [-0.4, -0.2) is 11.9 Å². The van der Waals surface area contributed by atoms with Crippen LogP contribution in [-0.2, 0) is 6.54 Å². The van der Waals surface area contributed by atoms with E-state index in [1.54, 1.807) is 0 Å². The van der Waals surface area contributed by atoms with Gasteiger partial charge in [-0.15, -0.1) is 0 Å². The smallest absolute Gasteiger partial charge is 0.0427 e. The molecule has 1 nitrogen and oxygen atoms in total. The van der Waals surface area contributed by atoms with Crippen molar-refractivity contribution in [2.45, 2.75) is 6.54 Å². The van der Waals surface area contributed by atoms with E-state index in [1.165, 1.54) is 32.3 Å². The summed E-state index contributed by atoms with van der Waals surface area (Å²) in [5, 5.41) is 6.91. The lowest BCUT2D eigenvalue weighted by Crippen LogP contribution is -2.22. The summed E-state index contributed by atoms with van der Waals surface area (Å²) in [7, 11) is 2.13. The van der Waals surface area contributed by atoms with Gasteiger partial charge in [0.1, 0.15) is 0 Å². The van der Waals surface area contributed by atoms with E-state index in [1.807, 2.05) is 0 Å². The summed E-state index contributed by atoms with van der Waals surface area (Å²) in [6.45, 7) is 1.01. The van der Waals surface area contributed by atoms with Gasteiger partial charge in [0, 0.05) is 19.8 Å². The maximum atomic E-state index is 2.27. The van der Waals surface area contributed by atoms with E-state index < -0.39 is 0 Å². The molecule has 0 unspecified atom stereocenters. The molecule has 0 N–H and O–H groups in total. The van der Waals surface area contributed by atoms with Crippen LogP contribution in [0, 0.1) is 0 Å². The molecule has 3 aromatic carbocycles. The average Bonchev–Trinajstić information content (AvgIpc) is 2.35. The van der Waals surface area contributed by atoms with E-state index in [-0.39, 0.29) is 0 Å². The Balaban J connectivity index is 2.37. The fourth-order valence-corrected chi connectivity index (χ4v) is 2.97. The summed E-state index contributed by atoms with van der Waals surface area (Å²) in [6, 6.07) is 15.5. The number of hydrogen-bond donors (Lipinski definition) is 0. The van der Waals surface area contributed by atoms with E-state index in [9.17, 15) is 0 Å². The zero-order valence-electron chi connectivity index (χ0n) is 9.77. The summed E-state index contributed by atoms with van der Waals surface area (Å²) >= 11 is 0. The molecule has 0 atom stereocenters. The van der Waals surface area contributed by atoms with Gasteiger partial charge < -0.3 is 4.90 Å². The van der Waals surface area contributed by atoms with Crippen molar-refractivity contribution in [1.82, 2.24) is 4.90 Å². The van der Waals surface area contributed by atoms with Crippen molar-refractivity contribution in [2.75, 3.05) is 7.05 Å². The van der Waals surface area contributed by atoms with Gasteiger partial charge in [-0.05, 0) is 32.3 Å². The Labute approximate surface area is 99.9 Å². The van der Waals surface area contributed by atoms with Gasteiger partial charge in [0.05, 0.1) is 0 Å². The van der Waals surface area contributed by atoms with Crippen molar-refractivity contribution >= 4 is 27.7 Å². The Morgan fingerprint density at radius 1 is 0.882 bits per heavy atom. The minimum atomic E-state index is 1.01. The third kappa shape index (κ3) is 1.14. The molecule has 3 aromatic rings. The molecule has 0 fully saturated rings. The molecule has 17 heavy (non-hydrogen) atoms. The van der Waals surface area contributed by atoms with Crippen molar-refractivity contribution in [3.63, 3.8) is 0 Å². The predicted octanol–water partition coefficient (Wildman–Crippen LogP) is 2.90. The minimum Gasteiger partial charge on any atom is -0.376 e. The molecule has 0 aromatic heterocycles. The highest BCUT2D eigenvalue weighted by atomic mass is 15.1. The van der Waals surface area contributed by atoms with Gasteiger partial charge in [-0.1, -0.05) is 42.5 Å². The highest BCUT2D eigenvalue weighted by Gasteiger charge is 2.12. The van der Waals surface area contributed by atoms with E-state index in [4.69, 9.17) is 0 Å². The van der Waals surface area contributed by atoms with Gasteiger partial charge in [0.2, 0.25) is 0 Å². The van der Waals surface area contributed by atoms with Crippen LogP contribution in [0.2, 0.25) is 0 Å². The largest absolute Gasteiger partial charge is 0.376 e. The second kappa shape index (κ2) is 3.01. The first-order valence-electron chi connectivity index (χ1n) is 5.98. The summed E-state index contributed by atoms with van der Waals surface area (Å²) in [4.78, 5) is 2.25. The first kappa shape index (κ1) is 9.06.